The molecule has 0 radical (unpaired) electrons. The number of carbonyl (C=O) groups excluding carboxylic acids is 1. The van der Waals surface area contributed by atoms with Gasteiger partial charge in [0, 0.05) is 11.3 Å². The number of nitrogens with one attached hydrogen (secondary N) is 1. The predicted octanol–water partition coefficient (Wildman–Crippen LogP) is 0.100. The van der Waals surface area contributed by atoms with Crippen molar-refractivity contribution in [2.24, 2.45) is 5.14 Å². The summed E-state index contributed by atoms with van der Waals surface area (Å²) in [5.41, 5.74) is -0.0774. The zero-order chi connectivity index (χ0) is 15.5. The zero-order valence-electron chi connectivity index (χ0n) is 9.91. The maximum atomic E-state index is 11.8. The number of aliphatic carboxylic acids is 1. The van der Waals surface area contributed by atoms with Crippen LogP contribution in [0.25, 0.3) is 0 Å². The van der Waals surface area contributed by atoms with E-state index in [1.165, 1.54) is 12.1 Å². The first-order chi connectivity index (χ1) is 9.16. The van der Waals surface area contributed by atoms with Crippen LogP contribution in [0.5, 0.6) is 0 Å². The summed E-state index contributed by atoms with van der Waals surface area (Å²) in [6.45, 7) is 0. The quantitative estimate of drug-likeness (QED) is 0.566. The van der Waals surface area contributed by atoms with Gasteiger partial charge in [-0.05, 0) is 18.2 Å². The monoisotopic (exact) mass is 338 g/mol. The Bertz CT molecular complexity index is 647. The second-order valence-corrected chi connectivity index (χ2v) is 6.04. The number of benzene rings is 1. The van der Waals surface area contributed by atoms with Gasteiger partial charge in [-0.1, -0.05) is 11.6 Å². The van der Waals surface area contributed by atoms with Crippen molar-refractivity contribution in [3.8, 4) is 0 Å². The zero-order valence-corrected chi connectivity index (χ0v) is 12.4. The van der Waals surface area contributed by atoms with Gasteiger partial charge in [-0.25, -0.2) is 18.4 Å². The number of sulfonamides is 1. The van der Waals surface area contributed by atoms with Crippen LogP contribution in [-0.2, 0) is 14.8 Å². The van der Waals surface area contributed by atoms with E-state index in [2.05, 4.69) is 17.9 Å². The van der Waals surface area contributed by atoms with Gasteiger partial charge in [0.2, 0.25) is 10.0 Å². The van der Waals surface area contributed by atoms with Crippen LogP contribution in [0.15, 0.2) is 23.1 Å². The number of hydrogen-bond donors (Lipinski definition) is 4. The van der Waals surface area contributed by atoms with E-state index in [-0.39, 0.29) is 16.3 Å². The second-order valence-electron chi connectivity index (χ2n) is 3.74. The molecule has 1 rings (SSSR count). The summed E-state index contributed by atoms with van der Waals surface area (Å²) in [6, 6.07) is 2.22. The molecule has 4 N–H and O–H groups in total. The highest BCUT2D eigenvalue weighted by Crippen LogP contribution is 2.21. The molecule has 20 heavy (non-hydrogen) atoms. The summed E-state index contributed by atoms with van der Waals surface area (Å²) in [7, 11) is -4.08. The Morgan fingerprint density at radius 2 is 2.05 bits per heavy atom. The van der Waals surface area contributed by atoms with Crippen molar-refractivity contribution in [3.63, 3.8) is 0 Å². The van der Waals surface area contributed by atoms with Crippen LogP contribution in [0.4, 0.5) is 0 Å². The Balaban J connectivity index is 3.09. The third kappa shape index (κ3) is 4.10. The molecular formula is C10H11ClN2O5S2. The van der Waals surface area contributed by atoms with Crippen molar-refractivity contribution in [1.82, 2.24) is 5.32 Å². The maximum absolute atomic E-state index is 11.8. The third-order valence-corrected chi connectivity index (χ3v) is 4.04. The molecular weight excluding hydrogens is 328 g/mol. The number of rotatable bonds is 5. The predicted molar refractivity (Wildman–Crippen MR) is 75.6 cm³/mol. The minimum Gasteiger partial charge on any atom is -0.480 e. The highest BCUT2D eigenvalue weighted by molar-refractivity contribution is 7.89. The Kier molecular flexibility index (Phi) is 5.40. The molecule has 1 aromatic carbocycles. The standard InChI is InChI=1S/C10H11ClN2O5S2/c11-6-2-1-5(3-8(6)20(12,17)18)9(14)13-7(4-19)10(15)16/h1-3,7,19H,4H2,(H,13,14)(H,15,16)(H2,12,17,18). The molecule has 0 spiro atoms. The molecule has 1 unspecified atom stereocenters. The van der Waals surface area contributed by atoms with Gasteiger partial charge in [0.15, 0.2) is 0 Å². The number of hydrogen-bond acceptors (Lipinski definition) is 5. The molecule has 0 heterocycles. The Hall–Kier alpha value is -1.29. The van der Waals surface area contributed by atoms with Crippen LogP contribution in [0.1, 0.15) is 10.4 Å². The number of carbonyl (C=O) groups is 2. The van der Waals surface area contributed by atoms with Crippen molar-refractivity contribution < 1.29 is 23.1 Å². The molecule has 1 aromatic rings. The lowest BCUT2D eigenvalue weighted by molar-refractivity contribution is -0.138. The molecule has 7 nitrogen and oxygen atoms in total. The molecule has 0 fully saturated rings. The van der Waals surface area contributed by atoms with Crippen LogP contribution in [0.3, 0.4) is 0 Å². The lowest BCUT2D eigenvalue weighted by Gasteiger charge is -2.12. The van der Waals surface area contributed by atoms with Gasteiger partial charge in [0.05, 0.1) is 5.02 Å². The van der Waals surface area contributed by atoms with E-state index in [4.69, 9.17) is 21.8 Å². The van der Waals surface area contributed by atoms with Crippen LogP contribution >= 0.6 is 24.2 Å². The molecule has 0 aliphatic rings. The van der Waals surface area contributed by atoms with Gasteiger partial charge >= 0.3 is 5.97 Å². The van der Waals surface area contributed by atoms with E-state index in [0.717, 1.165) is 6.07 Å². The van der Waals surface area contributed by atoms with Gasteiger partial charge in [0.1, 0.15) is 10.9 Å². The summed E-state index contributed by atoms with van der Waals surface area (Å²) >= 11 is 9.46. The van der Waals surface area contributed by atoms with Crippen molar-refractivity contribution in [2.45, 2.75) is 10.9 Å². The first-order valence-electron chi connectivity index (χ1n) is 5.13. The number of carboxylic acids is 1. The number of halogens is 1. The summed E-state index contributed by atoms with van der Waals surface area (Å²) < 4.78 is 22.5. The van der Waals surface area contributed by atoms with E-state index in [0.29, 0.717) is 0 Å². The van der Waals surface area contributed by atoms with E-state index in [9.17, 15) is 18.0 Å². The highest BCUT2D eigenvalue weighted by atomic mass is 35.5. The summed E-state index contributed by atoms with van der Waals surface area (Å²) in [4.78, 5) is 22.2. The van der Waals surface area contributed by atoms with Gasteiger partial charge in [0.25, 0.3) is 5.91 Å². The first kappa shape index (κ1) is 16.8. The van der Waals surface area contributed by atoms with E-state index < -0.39 is 32.8 Å². The highest BCUT2D eigenvalue weighted by Gasteiger charge is 2.21. The summed E-state index contributed by atoms with van der Waals surface area (Å²) in [5.74, 6) is -2.14. The normalized spacial score (nSPS) is 12.8. The molecule has 0 aliphatic heterocycles. The van der Waals surface area contributed by atoms with Crippen molar-refractivity contribution in [1.29, 1.82) is 0 Å². The van der Waals surface area contributed by atoms with Crippen LogP contribution < -0.4 is 10.5 Å². The molecule has 110 valence electrons. The minimum atomic E-state index is -4.08. The molecule has 1 atom stereocenters. The average Bonchev–Trinajstić information content (AvgIpc) is 2.34. The summed E-state index contributed by atoms with van der Waals surface area (Å²) in [5, 5.41) is 15.8. The first-order valence-corrected chi connectivity index (χ1v) is 7.69. The van der Waals surface area contributed by atoms with Crippen molar-refractivity contribution >= 4 is 46.1 Å². The van der Waals surface area contributed by atoms with E-state index in [1.54, 1.807) is 0 Å². The van der Waals surface area contributed by atoms with Crippen molar-refractivity contribution in [3.05, 3.63) is 28.8 Å². The average molecular weight is 339 g/mol. The van der Waals surface area contributed by atoms with Crippen LogP contribution in [0.2, 0.25) is 5.02 Å². The Morgan fingerprint density at radius 3 is 2.50 bits per heavy atom. The van der Waals surface area contributed by atoms with Crippen molar-refractivity contribution in [2.75, 3.05) is 5.75 Å². The topological polar surface area (TPSA) is 127 Å². The van der Waals surface area contributed by atoms with Gasteiger partial charge < -0.3 is 10.4 Å². The third-order valence-electron chi connectivity index (χ3n) is 2.29. The van der Waals surface area contributed by atoms with Gasteiger partial charge in [-0.2, -0.15) is 12.6 Å². The smallest absolute Gasteiger partial charge is 0.327 e. The fourth-order valence-corrected chi connectivity index (χ4v) is 2.61. The minimum absolute atomic E-state index is 0.0774. The molecule has 0 aromatic heterocycles. The molecule has 0 bridgehead atoms. The Labute approximate surface area is 125 Å². The molecule has 0 aliphatic carbocycles. The molecule has 10 heteroatoms. The number of nitrogens with two attached hydrogens (primary N) is 1. The SMILES string of the molecule is NS(=O)(=O)c1cc(C(=O)NC(CS)C(=O)O)ccc1Cl. The molecule has 0 saturated heterocycles. The Morgan fingerprint density at radius 1 is 1.45 bits per heavy atom. The van der Waals surface area contributed by atoms with Crippen LogP contribution in [-0.4, -0.2) is 37.2 Å². The van der Waals surface area contributed by atoms with Gasteiger partial charge in [-0.3, -0.25) is 4.79 Å². The maximum Gasteiger partial charge on any atom is 0.327 e. The van der Waals surface area contributed by atoms with Gasteiger partial charge in [-0.15, -0.1) is 0 Å². The van der Waals surface area contributed by atoms with E-state index in [1.807, 2.05) is 0 Å². The van der Waals surface area contributed by atoms with E-state index >= 15 is 0 Å². The molecule has 0 saturated carbocycles. The second kappa shape index (κ2) is 6.44. The summed E-state index contributed by atoms with van der Waals surface area (Å²) in [6.07, 6.45) is 0. The number of thiol groups is 1. The number of primary sulfonamides is 1. The number of amides is 1. The largest absolute Gasteiger partial charge is 0.480 e. The lowest BCUT2D eigenvalue weighted by Crippen LogP contribution is -2.42. The molecule has 1 amide bonds. The fourth-order valence-electron chi connectivity index (χ4n) is 1.29. The fraction of sp³-hybridized carbons (Fsp3) is 0.200. The van der Waals surface area contributed by atoms with Crippen LogP contribution in [0, 0.1) is 0 Å². The number of carboxylic acid groups (broad SMARTS) is 1. The lowest BCUT2D eigenvalue weighted by atomic mass is 10.2.